The maximum atomic E-state index is 9.48. The van der Waals surface area contributed by atoms with Gasteiger partial charge in [0.05, 0.1) is 11.3 Å². The molecule has 0 bridgehead atoms. The summed E-state index contributed by atoms with van der Waals surface area (Å²) in [7, 11) is 0. The highest BCUT2D eigenvalue weighted by Gasteiger charge is 2.20. The zero-order valence-electron chi connectivity index (χ0n) is 13.5. The van der Waals surface area contributed by atoms with Crippen LogP contribution in [-0.2, 0) is 6.54 Å². The van der Waals surface area contributed by atoms with Crippen LogP contribution >= 0.6 is 0 Å². The summed E-state index contributed by atoms with van der Waals surface area (Å²) in [5.41, 5.74) is 3.12. The second-order valence-corrected chi connectivity index (χ2v) is 6.36. The van der Waals surface area contributed by atoms with Gasteiger partial charge in [-0.3, -0.25) is 0 Å². The summed E-state index contributed by atoms with van der Waals surface area (Å²) in [6.45, 7) is 9.53. The van der Waals surface area contributed by atoms with Gasteiger partial charge in [0.15, 0.2) is 0 Å². The average molecular weight is 285 g/mol. The van der Waals surface area contributed by atoms with Gasteiger partial charge >= 0.3 is 0 Å². The predicted octanol–water partition coefficient (Wildman–Crippen LogP) is 3.68. The van der Waals surface area contributed by atoms with Gasteiger partial charge in [-0.25, -0.2) is 0 Å². The van der Waals surface area contributed by atoms with E-state index in [0.29, 0.717) is 6.04 Å². The Kier molecular flexibility index (Phi) is 5.64. The van der Waals surface area contributed by atoms with Crippen LogP contribution in [0.1, 0.15) is 51.2 Å². The first-order chi connectivity index (χ1) is 10.1. The first kappa shape index (κ1) is 15.9. The van der Waals surface area contributed by atoms with Gasteiger partial charge in [0.2, 0.25) is 0 Å². The van der Waals surface area contributed by atoms with Gasteiger partial charge in [0.1, 0.15) is 6.07 Å². The molecule has 0 aromatic heterocycles. The molecule has 0 spiro atoms. The van der Waals surface area contributed by atoms with Crippen molar-refractivity contribution in [2.24, 2.45) is 5.92 Å². The van der Waals surface area contributed by atoms with Gasteiger partial charge in [-0.1, -0.05) is 33.3 Å². The lowest BCUT2D eigenvalue weighted by atomic mass is 9.94. The van der Waals surface area contributed by atoms with E-state index in [4.69, 9.17) is 0 Å². The number of nitriles is 1. The molecular weight excluding hydrogens is 258 g/mol. The van der Waals surface area contributed by atoms with E-state index in [1.807, 2.05) is 6.07 Å². The minimum Gasteiger partial charge on any atom is -0.370 e. The van der Waals surface area contributed by atoms with E-state index >= 15 is 0 Å². The molecule has 1 N–H and O–H groups in total. The van der Waals surface area contributed by atoms with Crippen molar-refractivity contribution in [3.05, 3.63) is 29.3 Å². The van der Waals surface area contributed by atoms with Gasteiger partial charge in [-0.05, 0) is 36.5 Å². The Morgan fingerprint density at radius 2 is 2.24 bits per heavy atom. The highest BCUT2D eigenvalue weighted by atomic mass is 15.1. The highest BCUT2D eigenvalue weighted by Crippen LogP contribution is 2.28. The van der Waals surface area contributed by atoms with E-state index in [1.165, 1.54) is 24.8 Å². The summed E-state index contributed by atoms with van der Waals surface area (Å²) in [6.07, 6.45) is 3.79. The maximum Gasteiger partial charge on any atom is 0.101 e. The molecule has 1 fully saturated rings. The zero-order chi connectivity index (χ0) is 15.2. The quantitative estimate of drug-likeness (QED) is 0.897. The van der Waals surface area contributed by atoms with E-state index in [0.717, 1.165) is 36.8 Å². The molecule has 1 unspecified atom stereocenters. The minimum atomic E-state index is 0.461. The SMILES string of the molecule is CCC1CCCN(c2ccc(CNC(C)C)cc2C#N)C1. The van der Waals surface area contributed by atoms with E-state index in [2.05, 4.69) is 49.2 Å². The first-order valence-corrected chi connectivity index (χ1v) is 8.15. The Balaban J connectivity index is 2.14. The number of rotatable bonds is 5. The lowest BCUT2D eigenvalue weighted by Crippen LogP contribution is -2.35. The van der Waals surface area contributed by atoms with Gasteiger partial charge in [-0.15, -0.1) is 0 Å². The number of hydrogen-bond acceptors (Lipinski definition) is 3. The number of anilines is 1. The fourth-order valence-corrected chi connectivity index (χ4v) is 3.00. The fraction of sp³-hybridized carbons (Fsp3) is 0.611. The molecule has 1 aliphatic heterocycles. The van der Waals surface area contributed by atoms with Gasteiger partial charge in [-0.2, -0.15) is 5.26 Å². The van der Waals surface area contributed by atoms with Crippen LogP contribution in [0.3, 0.4) is 0 Å². The van der Waals surface area contributed by atoms with Crippen LogP contribution in [0.2, 0.25) is 0 Å². The number of hydrogen-bond donors (Lipinski definition) is 1. The molecule has 1 aliphatic rings. The Morgan fingerprint density at radius 3 is 2.90 bits per heavy atom. The number of nitrogens with one attached hydrogen (secondary N) is 1. The molecule has 2 rings (SSSR count). The average Bonchev–Trinajstić information content (AvgIpc) is 2.52. The van der Waals surface area contributed by atoms with Gasteiger partial charge in [0.25, 0.3) is 0 Å². The summed E-state index contributed by atoms with van der Waals surface area (Å²) in [5, 5.41) is 12.9. The lowest BCUT2D eigenvalue weighted by Gasteiger charge is -2.34. The van der Waals surface area contributed by atoms with Crippen molar-refractivity contribution in [2.45, 2.75) is 52.6 Å². The Bertz CT molecular complexity index is 502. The summed E-state index contributed by atoms with van der Waals surface area (Å²) in [6, 6.07) is 9.17. The molecule has 1 heterocycles. The molecule has 114 valence electrons. The summed E-state index contributed by atoms with van der Waals surface area (Å²) >= 11 is 0. The van der Waals surface area contributed by atoms with Crippen molar-refractivity contribution in [1.82, 2.24) is 5.32 Å². The van der Waals surface area contributed by atoms with Crippen molar-refractivity contribution >= 4 is 5.69 Å². The van der Waals surface area contributed by atoms with Crippen molar-refractivity contribution in [1.29, 1.82) is 5.26 Å². The molecule has 0 aliphatic carbocycles. The van der Waals surface area contributed by atoms with Crippen LogP contribution in [0.15, 0.2) is 18.2 Å². The number of nitrogens with zero attached hydrogens (tertiary/aromatic N) is 2. The Hall–Kier alpha value is -1.53. The monoisotopic (exact) mass is 285 g/mol. The standard InChI is InChI=1S/C18H27N3/c1-4-15-6-5-9-21(13-15)18-8-7-16(10-17(18)11-19)12-20-14(2)3/h7-8,10,14-15,20H,4-6,9,12-13H2,1-3H3. The van der Waals surface area contributed by atoms with Gasteiger partial charge in [0, 0.05) is 25.7 Å². The number of benzene rings is 1. The van der Waals surface area contributed by atoms with Crippen molar-refractivity contribution in [3.63, 3.8) is 0 Å². The largest absolute Gasteiger partial charge is 0.370 e. The molecule has 0 saturated carbocycles. The topological polar surface area (TPSA) is 39.1 Å². The minimum absolute atomic E-state index is 0.461. The van der Waals surface area contributed by atoms with Crippen LogP contribution in [0, 0.1) is 17.2 Å². The molecule has 1 aromatic carbocycles. The smallest absolute Gasteiger partial charge is 0.101 e. The molecule has 1 saturated heterocycles. The molecule has 1 aromatic rings. The Labute approximate surface area is 129 Å². The third kappa shape index (κ3) is 4.22. The summed E-state index contributed by atoms with van der Waals surface area (Å²) in [4.78, 5) is 2.40. The van der Waals surface area contributed by atoms with Crippen LogP contribution in [0.25, 0.3) is 0 Å². The first-order valence-electron chi connectivity index (χ1n) is 8.15. The summed E-state index contributed by atoms with van der Waals surface area (Å²) < 4.78 is 0. The van der Waals surface area contributed by atoms with E-state index in [9.17, 15) is 5.26 Å². The molecule has 3 nitrogen and oxygen atoms in total. The van der Waals surface area contributed by atoms with Crippen molar-refractivity contribution in [2.75, 3.05) is 18.0 Å². The van der Waals surface area contributed by atoms with E-state index < -0.39 is 0 Å². The predicted molar refractivity (Wildman–Crippen MR) is 88.4 cm³/mol. The molecule has 0 amide bonds. The van der Waals surface area contributed by atoms with E-state index in [-0.39, 0.29) is 0 Å². The third-order valence-corrected chi connectivity index (χ3v) is 4.33. The second-order valence-electron chi connectivity index (χ2n) is 6.36. The number of piperidine rings is 1. The van der Waals surface area contributed by atoms with Crippen LogP contribution < -0.4 is 10.2 Å². The van der Waals surface area contributed by atoms with Crippen LogP contribution in [0.4, 0.5) is 5.69 Å². The van der Waals surface area contributed by atoms with Gasteiger partial charge < -0.3 is 10.2 Å². The third-order valence-electron chi connectivity index (χ3n) is 4.33. The van der Waals surface area contributed by atoms with Crippen molar-refractivity contribution < 1.29 is 0 Å². The van der Waals surface area contributed by atoms with Crippen molar-refractivity contribution in [3.8, 4) is 6.07 Å². The molecular formula is C18H27N3. The van der Waals surface area contributed by atoms with Crippen LogP contribution in [-0.4, -0.2) is 19.1 Å². The zero-order valence-corrected chi connectivity index (χ0v) is 13.5. The van der Waals surface area contributed by atoms with Crippen LogP contribution in [0.5, 0.6) is 0 Å². The lowest BCUT2D eigenvalue weighted by molar-refractivity contribution is 0.404. The summed E-state index contributed by atoms with van der Waals surface area (Å²) in [5.74, 6) is 0.771. The molecule has 1 atom stereocenters. The normalized spacial score (nSPS) is 18.8. The fourth-order valence-electron chi connectivity index (χ4n) is 3.00. The van der Waals surface area contributed by atoms with E-state index in [1.54, 1.807) is 0 Å². The molecule has 0 radical (unpaired) electrons. The molecule has 3 heteroatoms. The highest BCUT2D eigenvalue weighted by molar-refractivity contribution is 5.60. The Morgan fingerprint density at radius 1 is 1.43 bits per heavy atom. The molecule has 21 heavy (non-hydrogen) atoms. The second kappa shape index (κ2) is 7.47. The maximum absolute atomic E-state index is 9.48.